The van der Waals surface area contributed by atoms with Crippen LogP contribution >= 0.6 is 0 Å². The van der Waals surface area contributed by atoms with Crippen LogP contribution in [0.25, 0.3) is 0 Å². The van der Waals surface area contributed by atoms with Crippen LogP contribution in [-0.2, 0) is 11.0 Å². The lowest BCUT2D eigenvalue weighted by Gasteiger charge is -2.61. The fraction of sp³-hybridized carbons (Fsp3) is 0.774. The number of hydrogen-bond donors (Lipinski definition) is 0. The highest BCUT2D eigenvalue weighted by Crippen LogP contribution is 2.68. The maximum absolute atomic E-state index is 12.8. The van der Waals surface area contributed by atoms with Crippen molar-refractivity contribution in [1.82, 2.24) is 0 Å². The van der Waals surface area contributed by atoms with Gasteiger partial charge in [0.15, 0.2) is 0 Å². The van der Waals surface area contributed by atoms with Gasteiger partial charge in [-0.25, -0.2) is 0 Å². The summed E-state index contributed by atoms with van der Waals surface area (Å²) in [6.45, 7) is 7.49. The monoisotopic (exact) mass is 504 g/mol. The largest absolute Gasteiger partial charge is 0.427 e. The smallest absolute Gasteiger partial charge is 0.416 e. The number of carbonyl (C=O) groups is 1. The molecule has 1 unspecified atom stereocenters. The minimum atomic E-state index is -4.39. The van der Waals surface area contributed by atoms with Gasteiger partial charge in [0.2, 0.25) is 0 Å². The van der Waals surface area contributed by atoms with E-state index in [0.29, 0.717) is 29.1 Å². The third kappa shape index (κ3) is 4.62. The second kappa shape index (κ2) is 9.66. The van der Waals surface area contributed by atoms with Crippen molar-refractivity contribution in [3.05, 3.63) is 29.8 Å². The summed E-state index contributed by atoms with van der Waals surface area (Å²) in [7, 11) is 0. The molecule has 8 atom stereocenters. The summed E-state index contributed by atoms with van der Waals surface area (Å²) in [6.07, 6.45) is 10.6. The summed E-state index contributed by atoms with van der Waals surface area (Å²) in [6, 6.07) is 4.38. The van der Waals surface area contributed by atoms with Crippen LogP contribution in [0.2, 0.25) is 0 Å². The van der Waals surface area contributed by atoms with Crippen LogP contribution < -0.4 is 4.74 Å². The van der Waals surface area contributed by atoms with Crippen molar-refractivity contribution in [3.8, 4) is 5.75 Å². The molecule has 0 N–H and O–H groups in total. The summed E-state index contributed by atoms with van der Waals surface area (Å²) in [5.41, 5.74) is 0.199. The van der Waals surface area contributed by atoms with Crippen molar-refractivity contribution in [2.45, 2.75) is 104 Å². The quantitative estimate of drug-likeness (QED) is 0.295. The van der Waals surface area contributed by atoms with Gasteiger partial charge in [-0.05, 0) is 128 Å². The van der Waals surface area contributed by atoms with E-state index in [1.807, 2.05) is 0 Å². The van der Waals surface area contributed by atoms with Gasteiger partial charge < -0.3 is 4.74 Å². The Labute approximate surface area is 214 Å². The highest BCUT2D eigenvalue weighted by atomic mass is 19.4. The third-order valence-corrected chi connectivity index (χ3v) is 11.6. The van der Waals surface area contributed by atoms with Crippen LogP contribution in [0.4, 0.5) is 13.2 Å². The number of fused-ring (bicyclic) bond motifs is 5. The van der Waals surface area contributed by atoms with Gasteiger partial charge in [-0.15, -0.1) is 0 Å². The molecule has 5 rings (SSSR count). The van der Waals surface area contributed by atoms with E-state index in [0.717, 1.165) is 42.2 Å². The van der Waals surface area contributed by atoms with Gasteiger partial charge in [0, 0.05) is 6.42 Å². The molecule has 4 aliphatic carbocycles. The van der Waals surface area contributed by atoms with E-state index >= 15 is 0 Å². The maximum Gasteiger partial charge on any atom is 0.416 e. The fourth-order valence-electron chi connectivity index (χ4n) is 9.71. The molecule has 0 amide bonds. The molecule has 1 aromatic rings. The molecule has 0 aliphatic heterocycles. The SMILES string of the molecule is C[C@H](CCC(=O)Oc1ccc(C(F)(F)F)cc1)[C@H]1CC[C@H]2[C@@H]3CCC4CCCC[C@]4(C)[C@H]3CC[C@]12C. The summed E-state index contributed by atoms with van der Waals surface area (Å²) < 4.78 is 43.6. The molecule has 0 spiro atoms. The van der Waals surface area contributed by atoms with Crippen molar-refractivity contribution >= 4 is 5.97 Å². The molecule has 0 saturated heterocycles. The summed E-state index contributed by atoms with van der Waals surface area (Å²) in [5.74, 6) is 4.46. The second-order valence-corrected chi connectivity index (χ2v) is 13.1. The average Bonchev–Trinajstić information content (AvgIpc) is 3.19. The van der Waals surface area contributed by atoms with Gasteiger partial charge in [0.1, 0.15) is 5.75 Å². The molecule has 0 aromatic heterocycles. The van der Waals surface area contributed by atoms with Gasteiger partial charge in [-0.3, -0.25) is 4.79 Å². The molecule has 4 saturated carbocycles. The lowest BCUT2D eigenvalue weighted by atomic mass is 9.44. The minimum absolute atomic E-state index is 0.179. The number of halogens is 3. The number of ether oxygens (including phenoxy) is 1. The van der Waals surface area contributed by atoms with Crippen LogP contribution in [0.5, 0.6) is 5.75 Å². The average molecular weight is 505 g/mol. The highest BCUT2D eigenvalue weighted by molar-refractivity contribution is 5.72. The molecular weight excluding hydrogens is 461 g/mol. The van der Waals surface area contributed by atoms with Crippen LogP contribution in [0, 0.1) is 46.3 Å². The van der Waals surface area contributed by atoms with Crippen molar-refractivity contribution < 1.29 is 22.7 Å². The Kier molecular flexibility index (Phi) is 7.00. The van der Waals surface area contributed by atoms with Gasteiger partial charge in [0.25, 0.3) is 0 Å². The zero-order valence-electron chi connectivity index (χ0n) is 22.2. The van der Waals surface area contributed by atoms with E-state index in [9.17, 15) is 18.0 Å². The number of benzene rings is 1. The lowest BCUT2D eigenvalue weighted by Crippen LogP contribution is -2.53. The molecule has 36 heavy (non-hydrogen) atoms. The third-order valence-electron chi connectivity index (χ3n) is 11.6. The fourth-order valence-corrected chi connectivity index (χ4v) is 9.71. The van der Waals surface area contributed by atoms with E-state index < -0.39 is 11.7 Å². The number of alkyl halides is 3. The van der Waals surface area contributed by atoms with E-state index in [4.69, 9.17) is 4.74 Å². The van der Waals surface area contributed by atoms with Crippen LogP contribution in [-0.4, -0.2) is 5.97 Å². The normalized spacial score (nSPS) is 39.0. The second-order valence-electron chi connectivity index (χ2n) is 13.1. The highest BCUT2D eigenvalue weighted by Gasteiger charge is 2.60. The predicted molar refractivity (Wildman–Crippen MR) is 135 cm³/mol. The zero-order chi connectivity index (χ0) is 25.7. The first kappa shape index (κ1) is 26.1. The van der Waals surface area contributed by atoms with E-state index in [1.54, 1.807) is 0 Å². The molecular formula is C31H43F3O2. The molecule has 1 aromatic carbocycles. The first-order valence-corrected chi connectivity index (χ1v) is 14.4. The van der Waals surface area contributed by atoms with Crippen molar-refractivity contribution in [1.29, 1.82) is 0 Å². The Morgan fingerprint density at radius 3 is 2.39 bits per heavy atom. The van der Waals surface area contributed by atoms with Crippen molar-refractivity contribution in [2.24, 2.45) is 46.3 Å². The molecule has 5 heteroatoms. The van der Waals surface area contributed by atoms with Crippen LogP contribution in [0.3, 0.4) is 0 Å². The molecule has 0 radical (unpaired) electrons. The maximum atomic E-state index is 12.8. The predicted octanol–water partition coefficient (Wildman–Crippen LogP) is 9.08. The number of hydrogen-bond acceptors (Lipinski definition) is 2. The summed E-state index contributed by atoms with van der Waals surface area (Å²) in [5, 5.41) is 0. The first-order chi connectivity index (χ1) is 17.0. The Balaban J connectivity index is 1.18. The summed E-state index contributed by atoms with van der Waals surface area (Å²) in [4.78, 5) is 12.5. The number of carbonyl (C=O) groups excluding carboxylic acids is 1. The number of rotatable bonds is 5. The standard InChI is InChI=1S/C31H43F3O2/c1-20(7-16-28(35)36-23-11-8-22(9-12-23)31(32,33)34)25-14-15-26-24-13-10-21-6-4-5-18-29(21,2)27(24)17-19-30(25,26)3/h8-9,11-12,20-21,24-27H,4-7,10,13-19H2,1-3H3/t20-,21?,24+,25-,26+,27+,29+,30-/m1/s1. The topological polar surface area (TPSA) is 26.3 Å². The van der Waals surface area contributed by atoms with E-state index in [-0.39, 0.29) is 11.7 Å². The van der Waals surface area contributed by atoms with E-state index in [1.165, 1.54) is 76.3 Å². The summed E-state index contributed by atoms with van der Waals surface area (Å²) >= 11 is 0. The Bertz CT molecular complexity index is 940. The molecule has 200 valence electrons. The Hall–Kier alpha value is -1.52. The Morgan fingerprint density at radius 2 is 1.67 bits per heavy atom. The Morgan fingerprint density at radius 1 is 0.944 bits per heavy atom. The molecule has 0 bridgehead atoms. The molecule has 4 aliphatic rings. The van der Waals surface area contributed by atoms with Gasteiger partial charge >= 0.3 is 12.1 Å². The molecule has 4 fully saturated rings. The lowest BCUT2D eigenvalue weighted by molar-refractivity contribution is -0.137. The van der Waals surface area contributed by atoms with Gasteiger partial charge in [0.05, 0.1) is 5.56 Å². The molecule has 0 heterocycles. The van der Waals surface area contributed by atoms with Gasteiger partial charge in [-0.1, -0.05) is 33.6 Å². The number of esters is 1. The first-order valence-electron chi connectivity index (χ1n) is 14.4. The van der Waals surface area contributed by atoms with Crippen molar-refractivity contribution in [2.75, 3.05) is 0 Å². The minimum Gasteiger partial charge on any atom is -0.427 e. The van der Waals surface area contributed by atoms with Gasteiger partial charge in [-0.2, -0.15) is 13.2 Å². The van der Waals surface area contributed by atoms with Crippen molar-refractivity contribution in [3.63, 3.8) is 0 Å². The van der Waals surface area contributed by atoms with Crippen LogP contribution in [0.15, 0.2) is 24.3 Å². The van der Waals surface area contributed by atoms with E-state index in [2.05, 4.69) is 20.8 Å². The molecule has 2 nitrogen and oxygen atoms in total. The van der Waals surface area contributed by atoms with Crippen LogP contribution in [0.1, 0.15) is 103 Å². The zero-order valence-corrected chi connectivity index (χ0v) is 22.2.